The van der Waals surface area contributed by atoms with E-state index in [0.29, 0.717) is 22.2 Å². The topological polar surface area (TPSA) is 68.6 Å². The van der Waals surface area contributed by atoms with Crippen LogP contribution in [0.25, 0.3) is 5.69 Å². The Bertz CT molecular complexity index is 876. The van der Waals surface area contributed by atoms with Crippen molar-refractivity contribution in [3.05, 3.63) is 83.9 Å². The lowest BCUT2D eigenvalue weighted by Gasteiger charge is -2.05. The van der Waals surface area contributed by atoms with Crippen LogP contribution in [-0.4, -0.2) is 21.2 Å². The van der Waals surface area contributed by atoms with Crippen molar-refractivity contribution in [1.29, 1.82) is 0 Å². The van der Waals surface area contributed by atoms with E-state index < -0.39 is 0 Å². The maximum absolute atomic E-state index is 13.5. The fourth-order valence-corrected chi connectivity index (χ4v) is 2.77. The molecule has 0 fully saturated rings. The van der Waals surface area contributed by atoms with E-state index in [9.17, 15) is 4.39 Å². The minimum Gasteiger partial charge on any atom is -0.377 e. The highest BCUT2D eigenvalue weighted by atomic mass is 32.2. The monoisotopic (exact) mass is 353 g/mol. The van der Waals surface area contributed by atoms with E-state index in [4.69, 9.17) is 5.73 Å². The van der Waals surface area contributed by atoms with Crippen molar-refractivity contribution in [3.63, 3.8) is 0 Å². The summed E-state index contributed by atoms with van der Waals surface area (Å²) in [6.45, 7) is 0. The lowest BCUT2D eigenvalue weighted by atomic mass is 10.2. The fraction of sp³-hybridized carbons (Fsp3) is 0.0556. The van der Waals surface area contributed by atoms with Gasteiger partial charge >= 0.3 is 0 Å². The molecule has 0 aliphatic rings. The molecule has 1 heterocycles. The SMILES string of the molecule is NC(=NN=Cc1cc(F)ccc1-n1cccn1)SCc1ccccc1. The number of halogens is 1. The molecule has 0 amide bonds. The molecule has 25 heavy (non-hydrogen) atoms. The average Bonchev–Trinajstić information content (AvgIpc) is 3.15. The molecule has 0 aliphatic carbocycles. The first-order chi connectivity index (χ1) is 12.2. The van der Waals surface area contributed by atoms with E-state index in [-0.39, 0.29) is 5.82 Å². The Balaban J connectivity index is 1.70. The summed E-state index contributed by atoms with van der Waals surface area (Å²) >= 11 is 1.39. The smallest absolute Gasteiger partial charge is 0.180 e. The average molecular weight is 353 g/mol. The molecule has 0 radical (unpaired) electrons. The Hall–Kier alpha value is -2.93. The van der Waals surface area contributed by atoms with Gasteiger partial charge in [-0.1, -0.05) is 42.1 Å². The summed E-state index contributed by atoms with van der Waals surface area (Å²) < 4.78 is 15.2. The summed E-state index contributed by atoms with van der Waals surface area (Å²) in [6.07, 6.45) is 4.90. The van der Waals surface area contributed by atoms with E-state index in [2.05, 4.69) is 15.3 Å². The number of nitrogens with zero attached hydrogens (tertiary/aromatic N) is 4. The molecular weight excluding hydrogens is 337 g/mol. The van der Waals surface area contributed by atoms with Gasteiger partial charge in [0.2, 0.25) is 0 Å². The predicted molar refractivity (Wildman–Crippen MR) is 100 cm³/mol. The van der Waals surface area contributed by atoms with Crippen molar-refractivity contribution in [3.8, 4) is 5.69 Å². The van der Waals surface area contributed by atoms with Crippen LogP contribution in [-0.2, 0) is 5.75 Å². The third-order valence-electron chi connectivity index (χ3n) is 3.32. The molecule has 1 aromatic heterocycles. The van der Waals surface area contributed by atoms with Crippen molar-refractivity contribution in [2.24, 2.45) is 15.9 Å². The number of aromatic nitrogens is 2. The van der Waals surface area contributed by atoms with Gasteiger partial charge in [0.15, 0.2) is 5.17 Å². The second-order valence-electron chi connectivity index (χ2n) is 5.11. The Labute approximate surface area is 149 Å². The minimum absolute atomic E-state index is 0.345. The molecule has 7 heteroatoms. The normalized spacial score (nSPS) is 12.0. The quantitative estimate of drug-likeness (QED) is 0.433. The van der Waals surface area contributed by atoms with E-state index in [1.54, 1.807) is 29.2 Å². The lowest BCUT2D eigenvalue weighted by molar-refractivity contribution is 0.626. The fourth-order valence-electron chi connectivity index (χ4n) is 2.16. The Morgan fingerprint density at radius 3 is 2.80 bits per heavy atom. The first-order valence-corrected chi connectivity index (χ1v) is 8.54. The summed E-state index contributed by atoms with van der Waals surface area (Å²) in [5.41, 5.74) is 8.28. The Morgan fingerprint density at radius 2 is 2.04 bits per heavy atom. The van der Waals surface area contributed by atoms with Gasteiger partial charge in [-0.15, -0.1) is 5.10 Å². The van der Waals surface area contributed by atoms with Gasteiger partial charge in [-0.3, -0.25) is 0 Å². The zero-order valence-electron chi connectivity index (χ0n) is 13.3. The predicted octanol–water partition coefficient (Wildman–Crippen LogP) is 3.59. The first kappa shape index (κ1) is 16.9. The van der Waals surface area contributed by atoms with Crippen LogP contribution in [0.5, 0.6) is 0 Å². The summed E-state index contributed by atoms with van der Waals surface area (Å²) in [7, 11) is 0. The molecule has 0 saturated heterocycles. The second-order valence-corrected chi connectivity index (χ2v) is 6.11. The van der Waals surface area contributed by atoms with Gasteiger partial charge in [0.25, 0.3) is 0 Å². The molecule has 3 rings (SSSR count). The summed E-state index contributed by atoms with van der Waals surface area (Å²) in [5, 5.41) is 12.4. The number of thioether (sulfide) groups is 1. The van der Waals surface area contributed by atoms with Crippen LogP contribution in [0.15, 0.2) is 77.2 Å². The van der Waals surface area contributed by atoms with Crippen LogP contribution in [0, 0.1) is 5.82 Å². The molecule has 0 bridgehead atoms. The molecule has 0 spiro atoms. The van der Waals surface area contributed by atoms with Crippen LogP contribution in [0.3, 0.4) is 0 Å². The highest BCUT2D eigenvalue weighted by molar-refractivity contribution is 8.13. The van der Waals surface area contributed by atoms with E-state index in [1.165, 1.54) is 30.1 Å². The standard InChI is InChI=1S/C18H16FN5S/c19-16-7-8-17(24-10-4-9-22-24)15(11-16)12-21-23-18(20)25-13-14-5-2-1-3-6-14/h1-12H,13H2,(H2,20,23). The molecule has 0 aliphatic heterocycles. The second kappa shape index (κ2) is 8.25. The third kappa shape index (κ3) is 4.77. The first-order valence-electron chi connectivity index (χ1n) is 7.55. The molecule has 0 atom stereocenters. The van der Waals surface area contributed by atoms with E-state index in [0.717, 1.165) is 5.56 Å². The maximum atomic E-state index is 13.5. The number of hydrogen-bond donors (Lipinski definition) is 1. The van der Waals surface area contributed by atoms with Crippen molar-refractivity contribution >= 4 is 23.1 Å². The van der Waals surface area contributed by atoms with Gasteiger partial charge in [0, 0.05) is 23.7 Å². The Kier molecular flexibility index (Phi) is 5.58. The minimum atomic E-state index is -0.354. The van der Waals surface area contributed by atoms with Crippen molar-refractivity contribution in [1.82, 2.24) is 9.78 Å². The number of rotatable bonds is 5. The van der Waals surface area contributed by atoms with Gasteiger partial charge < -0.3 is 5.73 Å². The van der Waals surface area contributed by atoms with Gasteiger partial charge in [-0.2, -0.15) is 10.2 Å². The zero-order valence-corrected chi connectivity index (χ0v) is 14.1. The molecule has 2 N–H and O–H groups in total. The number of benzene rings is 2. The summed E-state index contributed by atoms with van der Waals surface area (Å²) in [4.78, 5) is 0. The van der Waals surface area contributed by atoms with E-state index in [1.807, 2.05) is 30.3 Å². The van der Waals surface area contributed by atoms with Crippen LogP contribution < -0.4 is 5.73 Å². The summed E-state index contributed by atoms with van der Waals surface area (Å²) in [5.74, 6) is 0.359. The van der Waals surface area contributed by atoms with Crippen molar-refractivity contribution < 1.29 is 4.39 Å². The van der Waals surface area contributed by atoms with E-state index >= 15 is 0 Å². The van der Waals surface area contributed by atoms with Crippen molar-refractivity contribution in [2.75, 3.05) is 0 Å². The molecule has 0 unspecified atom stereocenters. The maximum Gasteiger partial charge on any atom is 0.180 e. The van der Waals surface area contributed by atoms with Gasteiger partial charge in [-0.25, -0.2) is 9.07 Å². The summed E-state index contributed by atoms with van der Waals surface area (Å²) in [6, 6.07) is 16.1. The zero-order chi connectivity index (χ0) is 17.5. The molecule has 126 valence electrons. The highest BCUT2D eigenvalue weighted by Crippen LogP contribution is 2.14. The number of nitrogens with two attached hydrogens (primary N) is 1. The van der Waals surface area contributed by atoms with Crippen molar-refractivity contribution in [2.45, 2.75) is 5.75 Å². The van der Waals surface area contributed by atoms with Crippen LogP contribution in [0.1, 0.15) is 11.1 Å². The van der Waals surface area contributed by atoms with Gasteiger partial charge in [0.1, 0.15) is 5.82 Å². The van der Waals surface area contributed by atoms with Crippen LogP contribution >= 0.6 is 11.8 Å². The third-order valence-corrected chi connectivity index (χ3v) is 4.18. The molecular formula is C18H16FN5S. The van der Waals surface area contributed by atoms with Crippen LogP contribution in [0.4, 0.5) is 4.39 Å². The largest absolute Gasteiger partial charge is 0.377 e. The lowest BCUT2D eigenvalue weighted by Crippen LogP contribution is -2.06. The highest BCUT2D eigenvalue weighted by Gasteiger charge is 2.04. The van der Waals surface area contributed by atoms with Crippen LogP contribution in [0.2, 0.25) is 0 Å². The molecule has 0 saturated carbocycles. The van der Waals surface area contributed by atoms with Gasteiger partial charge in [-0.05, 0) is 29.8 Å². The number of amidine groups is 1. The molecule has 2 aromatic carbocycles. The van der Waals surface area contributed by atoms with Gasteiger partial charge in [0.05, 0.1) is 11.9 Å². The number of hydrogen-bond acceptors (Lipinski definition) is 4. The molecule has 5 nitrogen and oxygen atoms in total. The molecule has 3 aromatic rings. The Morgan fingerprint density at radius 1 is 1.20 bits per heavy atom.